The molecule has 0 aliphatic carbocycles. The van der Waals surface area contributed by atoms with E-state index in [9.17, 15) is 4.79 Å². The second kappa shape index (κ2) is 5.40. The Hall–Kier alpha value is -1.55. The minimum absolute atomic E-state index is 0.121. The van der Waals surface area contributed by atoms with Gasteiger partial charge in [0.05, 0.1) is 18.6 Å². The predicted molar refractivity (Wildman–Crippen MR) is 71.3 cm³/mol. The number of nitrogens with zero attached hydrogens (tertiary/aromatic N) is 1. The fraction of sp³-hybridized carbons (Fsp3) is 0.500. The van der Waals surface area contributed by atoms with Crippen LogP contribution in [0.5, 0.6) is 0 Å². The number of carbonyl (C=O) groups excluding carboxylic acids is 1. The third-order valence-corrected chi connectivity index (χ3v) is 3.58. The second-order valence-corrected chi connectivity index (χ2v) is 4.86. The number of rotatable bonds is 3. The van der Waals surface area contributed by atoms with Crippen molar-refractivity contribution in [1.82, 2.24) is 4.90 Å². The van der Waals surface area contributed by atoms with Gasteiger partial charge in [-0.25, -0.2) is 0 Å². The summed E-state index contributed by atoms with van der Waals surface area (Å²) in [5, 5.41) is 0. The maximum absolute atomic E-state index is 12.4. The molecule has 4 heteroatoms. The summed E-state index contributed by atoms with van der Waals surface area (Å²) in [5.41, 5.74) is 7.41. The zero-order chi connectivity index (χ0) is 13.1. The lowest BCUT2D eigenvalue weighted by atomic mass is 9.98. The largest absolute Gasteiger partial charge is 0.399 e. The third kappa shape index (κ3) is 2.64. The zero-order valence-corrected chi connectivity index (χ0v) is 10.9. The van der Waals surface area contributed by atoms with Crippen LogP contribution in [0.1, 0.15) is 24.8 Å². The fourth-order valence-corrected chi connectivity index (χ4v) is 2.28. The van der Waals surface area contributed by atoms with Gasteiger partial charge in [0.1, 0.15) is 0 Å². The van der Waals surface area contributed by atoms with E-state index in [-0.39, 0.29) is 17.9 Å². The molecule has 1 aliphatic rings. The molecule has 0 spiro atoms. The van der Waals surface area contributed by atoms with E-state index in [0.29, 0.717) is 12.3 Å². The molecule has 0 saturated carbocycles. The Morgan fingerprint density at radius 1 is 1.56 bits per heavy atom. The quantitative estimate of drug-likeness (QED) is 0.827. The Morgan fingerprint density at radius 2 is 2.33 bits per heavy atom. The van der Waals surface area contributed by atoms with Crippen LogP contribution in [-0.4, -0.2) is 37.1 Å². The average molecular weight is 248 g/mol. The molecule has 2 atom stereocenters. The number of ether oxygens (including phenoxy) is 1. The molecule has 2 unspecified atom stereocenters. The van der Waals surface area contributed by atoms with Crippen LogP contribution in [-0.2, 0) is 9.53 Å². The molecule has 1 aromatic carbocycles. The molecular weight excluding hydrogens is 228 g/mol. The van der Waals surface area contributed by atoms with Gasteiger partial charge in [0.2, 0.25) is 5.91 Å². The van der Waals surface area contributed by atoms with E-state index >= 15 is 0 Å². The predicted octanol–water partition coefficient (Wildman–Crippen LogP) is 1.62. The van der Waals surface area contributed by atoms with Gasteiger partial charge in [-0.15, -0.1) is 0 Å². The minimum atomic E-state index is -0.168. The topological polar surface area (TPSA) is 55.6 Å². The Labute approximate surface area is 108 Å². The van der Waals surface area contributed by atoms with Crippen molar-refractivity contribution in [2.24, 2.45) is 0 Å². The smallest absolute Gasteiger partial charge is 0.229 e. The molecule has 0 radical (unpaired) electrons. The first-order chi connectivity index (χ1) is 8.59. The Kier molecular flexibility index (Phi) is 3.87. The number of nitrogen functional groups attached to an aromatic ring is 1. The highest BCUT2D eigenvalue weighted by Gasteiger charge is 2.27. The van der Waals surface area contributed by atoms with Crippen LogP contribution in [0.15, 0.2) is 24.3 Å². The van der Waals surface area contributed by atoms with Gasteiger partial charge >= 0.3 is 0 Å². The fourth-order valence-electron chi connectivity index (χ4n) is 2.28. The van der Waals surface area contributed by atoms with E-state index in [0.717, 1.165) is 18.6 Å². The molecule has 1 aliphatic heterocycles. The van der Waals surface area contributed by atoms with Crippen LogP contribution < -0.4 is 5.73 Å². The zero-order valence-electron chi connectivity index (χ0n) is 10.9. The molecule has 2 N–H and O–H groups in total. The summed E-state index contributed by atoms with van der Waals surface area (Å²) >= 11 is 0. The lowest BCUT2D eigenvalue weighted by Crippen LogP contribution is -2.39. The summed E-state index contributed by atoms with van der Waals surface area (Å²) in [6.45, 7) is 3.31. The highest BCUT2D eigenvalue weighted by Crippen LogP contribution is 2.22. The van der Waals surface area contributed by atoms with Crippen molar-refractivity contribution in [3.63, 3.8) is 0 Å². The Bertz CT molecular complexity index is 428. The van der Waals surface area contributed by atoms with Crippen molar-refractivity contribution in [3.8, 4) is 0 Å². The van der Waals surface area contributed by atoms with Crippen molar-refractivity contribution in [2.45, 2.75) is 25.3 Å². The second-order valence-electron chi connectivity index (χ2n) is 4.86. The molecule has 1 heterocycles. The summed E-state index contributed by atoms with van der Waals surface area (Å²) in [7, 11) is 1.85. The Morgan fingerprint density at radius 3 is 2.94 bits per heavy atom. The van der Waals surface area contributed by atoms with Crippen molar-refractivity contribution in [3.05, 3.63) is 29.8 Å². The number of amides is 1. The van der Waals surface area contributed by atoms with E-state index in [4.69, 9.17) is 10.5 Å². The maximum atomic E-state index is 12.4. The summed E-state index contributed by atoms with van der Waals surface area (Å²) < 4.78 is 5.32. The number of anilines is 1. The molecule has 4 nitrogen and oxygen atoms in total. The molecule has 1 aromatic rings. The first kappa shape index (κ1) is 12.9. The van der Waals surface area contributed by atoms with Crippen LogP contribution in [0.4, 0.5) is 5.69 Å². The van der Waals surface area contributed by atoms with Crippen LogP contribution in [0.3, 0.4) is 0 Å². The molecule has 0 aromatic heterocycles. The number of benzene rings is 1. The molecule has 2 rings (SSSR count). The van der Waals surface area contributed by atoms with Gasteiger partial charge in [-0.3, -0.25) is 4.79 Å². The number of nitrogens with two attached hydrogens (primary N) is 1. The van der Waals surface area contributed by atoms with Crippen LogP contribution in [0, 0.1) is 0 Å². The first-order valence-electron chi connectivity index (χ1n) is 6.29. The number of hydrogen-bond donors (Lipinski definition) is 1. The summed E-state index contributed by atoms with van der Waals surface area (Å²) in [4.78, 5) is 14.2. The van der Waals surface area contributed by atoms with E-state index in [2.05, 4.69) is 0 Å². The molecule has 18 heavy (non-hydrogen) atoms. The maximum Gasteiger partial charge on any atom is 0.229 e. The van der Waals surface area contributed by atoms with Gasteiger partial charge in [0.25, 0.3) is 0 Å². The highest BCUT2D eigenvalue weighted by atomic mass is 16.5. The third-order valence-electron chi connectivity index (χ3n) is 3.58. The van der Waals surface area contributed by atoms with Crippen LogP contribution in [0.2, 0.25) is 0 Å². The number of hydrogen-bond acceptors (Lipinski definition) is 3. The van der Waals surface area contributed by atoms with E-state index < -0.39 is 0 Å². The van der Waals surface area contributed by atoms with E-state index in [1.54, 1.807) is 4.90 Å². The van der Waals surface area contributed by atoms with Crippen LogP contribution in [0.25, 0.3) is 0 Å². The van der Waals surface area contributed by atoms with E-state index in [1.165, 1.54) is 0 Å². The molecule has 98 valence electrons. The monoisotopic (exact) mass is 248 g/mol. The Balaban J connectivity index is 2.08. The van der Waals surface area contributed by atoms with Crippen molar-refractivity contribution in [1.29, 1.82) is 0 Å². The van der Waals surface area contributed by atoms with Crippen molar-refractivity contribution in [2.75, 3.05) is 26.0 Å². The van der Waals surface area contributed by atoms with Gasteiger partial charge in [0.15, 0.2) is 0 Å². The highest BCUT2D eigenvalue weighted by molar-refractivity contribution is 5.83. The molecular formula is C14H20N2O2. The lowest BCUT2D eigenvalue weighted by molar-refractivity contribution is -0.133. The van der Waals surface area contributed by atoms with E-state index in [1.807, 2.05) is 38.2 Å². The molecule has 0 bridgehead atoms. The molecule has 1 fully saturated rings. The molecule has 1 amide bonds. The van der Waals surface area contributed by atoms with Gasteiger partial charge in [0, 0.05) is 19.3 Å². The average Bonchev–Trinajstić information content (AvgIpc) is 2.90. The standard InChI is InChI=1S/C14H20N2O2/c1-10(11-4-3-5-12(15)8-11)14(17)16(2)13-6-7-18-9-13/h3-5,8,10,13H,6-7,9,15H2,1-2H3. The van der Waals surface area contributed by atoms with Gasteiger partial charge < -0.3 is 15.4 Å². The molecule has 1 saturated heterocycles. The van der Waals surface area contributed by atoms with Crippen molar-refractivity contribution >= 4 is 11.6 Å². The van der Waals surface area contributed by atoms with Crippen LogP contribution >= 0.6 is 0 Å². The normalized spacial score (nSPS) is 20.7. The minimum Gasteiger partial charge on any atom is -0.399 e. The number of likely N-dealkylation sites (N-methyl/N-ethyl adjacent to an activating group) is 1. The van der Waals surface area contributed by atoms with Crippen molar-refractivity contribution < 1.29 is 9.53 Å². The van der Waals surface area contributed by atoms with Gasteiger partial charge in [-0.2, -0.15) is 0 Å². The summed E-state index contributed by atoms with van der Waals surface area (Å²) in [6, 6.07) is 7.72. The summed E-state index contributed by atoms with van der Waals surface area (Å²) in [6.07, 6.45) is 0.923. The lowest BCUT2D eigenvalue weighted by Gasteiger charge is -2.26. The van der Waals surface area contributed by atoms with Gasteiger partial charge in [-0.05, 0) is 31.0 Å². The SMILES string of the molecule is CC(C(=O)N(C)C1CCOC1)c1cccc(N)c1. The summed E-state index contributed by atoms with van der Waals surface area (Å²) in [5.74, 6) is -0.0461. The van der Waals surface area contributed by atoms with Gasteiger partial charge in [-0.1, -0.05) is 12.1 Å². The number of carbonyl (C=O) groups is 1. The first-order valence-corrected chi connectivity index (χ1v) is 6.29.